The Labute approximate surface area is 108 Å². The number of likely N-dealkylation sites (tertiary alicyclic amines) is 1. The monoisotopic (exact) mass is 240 g/mol. The molecule has 1 heterocycles. The smallest absolute Gasteiger partial charge is 0.00925 e. The lowest BCUT2D eigenvalue weighted by atomic mass is 9.92. The summed E-state index contributed by atoms with van der Waals surface area (Å²) in [6, 6.07) is 1.49. The first-order valence-corrected chi connectivity index (χ1v) is 7.62. The number of nitrogens with one attached hydrogen (secondary N) is 1. The molecule has 0 amide bonds. The molecule has 102 valence electrons. The fraction of sp³-hybridized carbons (Fsp3) is 1.00. The van der Waals surface area contributed by atoms with Gasteiger partial charge in [0.05, 0.1) is 0 Å². The summed E-state index contributed by atoms with van der Waals surface area (Å²) in [6.07, 6.45) is 6.89. The molecule has 0 aromatic rings. The predicted molar refractivity (Wildman–Crippen MR) is 76.4 cm³/mol. The van der Waals surface area contributed by atoms with Gasteiger partial charge in [0.1, 0.15) is 0 Å². The van der Waals surface area contributed by atoms with E-state index in [4.69, 9.17) is 0 Å². The number of nitrogens with zero attached hydrogens (tertiary/aromatic N) is 1. The standard InChI is InChI=1S/C15H32N2/c1-5-16-14(3)10-6-7-11-17-12-8-9-13(2)15(17)4/h13-16H,5-12H2,1-4H3. The van der Waals surface area contributed by atoms with Crippen LogP contribution in [0.25, 0.3) is 0 Å². The van der Waals surface area contributed by atoms with Gasteiger partial charge in [-0.25, -0.2) is 0 Å². The zero-order chi connectivity index (χ0) is 12.7. The van der Waals surface area contributed by atoms with Crippen molar-refractivity contribution >= 4 is 0 Å². The van der Waals surface area contributed by atoms with Crippen molar-refractivity contribution in [3.05, 3.63) is 0 Å². The molecule has 2 nitrogen and oxygen atoms in total. The van der Waals surface area contributed by atoms with Gasteiger partial charge in [-0.1, -0.05) is 20.3 Å². The lowest BCUT2D eigenvalue weighted by molar-refractivity contribution is 0.111. The van der Waals surface area contributed by atoms with E-state index < -0.39 is 0 Å². The van der Waals surface area contributed by atoms with Gasteiger partial charge in [0.15, 0.2) is 0 Å². The van der Waals surface area contributed by atoms with E-state index in [0.29, 0.717) is 6.04 Å². The van der Waals surface area contributed by atoms with Gasteiger partial charge in [0.2, 0.25) is 0 Å². The van der Waals surface area contributed by atoms with Crippen LogP contribution in [0, 0.1) is 5.92 Å². The predicted octanol–water partition coefficient (Wildman–Crippen LogP) is 3.28. The summed E-state index contributed by atoms with van der Waals surface area (Å²) in [6.45, 7) is 13.0. The first-order chi connectivity index (χ1) is 8.15. The average molecular weight is 240 g/mol. The number of hydrogen-bond donors (Lipinski definition) is 1. The molecule has 0 aromatic carbocycles. The van der Waals surface area contributed by atoms with Crippen LogP contribution in [0.15, 0.2) is 0 Å². The lowest BCUT2D eigenvalue weighted by Crippen LogP contribution is -2.42. The van der Waals surface area contributed by atoms with Crippen LogP contribution in [0.1, 0.15) is 59.8 Å². The average Bonchev–Trinajstić information content (AvgIpc) is 2.30. The van der Waals surface area contributed by atoms with Gasteiger partial charge in [0.25, 0.3) is 0 Å². The molecule has 0 spiro atoms. The van der Waals surface area contributed by atoms with Crippen LogP contribution < -0.4 is 5.32 Å². The third-order valence-electron chi connectivity index (χ3n) is 4.39. The molecule has 1 rings (SSSR count). The van der Waals surface area contributed by atoms with Gasteiger partial charge in [0, 0.05) is 12.1 Å². The van der Waals surface area contributed by atoms with Crippen molar-refractivity contribution in [1.82, 2.24) is 10.2 Å². The van der Waals surface area contributed by atoms with E-state index in [-0.39, 0.29) is 0 Å². The second kappa shape index (κ2) is 8.10. The fourth-order valence-electron chi connectivity index (χ4n) is 2.95. The van der Waals surface area contributed by atoms with Crippen molar-refractivity contribution < 1.29 is 0 Å². The summed E-state index contributed by atoms with van der Waals surface area (Å²) < 4.78 is 0. The van der Waals surface area contributed by atoms with Crippen molar-refractivity contribution in [2.45, 2.75) is 71.9 Å². The van der Waals surface area contributed by atoms with Crippen molar-refractivity contribution in [3.63, 3.8) is 0 Å². The first kappa shape index (κ1) is 15.0. The molecule has 1 aliphatic heterocycles. The van der Waals surface area contributed by atoms with E-state index in [2.05, 4.69) is 37.9 Å². The molecule has 3 unspecified atom stereocenters. The van der Waals surface area contributed by atoms with Crippen LogP contribution in [-0.2, 0) is 0 Å². The normalized spacial score (nSPS) is 28.2. The third kappa shape index (κ3) is 5.39. The van der Waals surface area contributed by atoms with Crippen molar-refractivity contribution in [1.29, 1.82) is 0 Å². The van der Waals surface area contributed by atoms with E-state index in [0.717, 1.165) is 18.5 Å². The maximum Gasteiger partial charge on any atom is 0.00925 e. The van der Waals surface area contributed by atoms with Crippen LogP contribution in [0.5, 0.6) is 0 Å². The van der Waals surface area contributed by atoms with E-state index in [9.17, 15) is 0 Å². The van der Waals surface area contributed by atoms with E-state index in [1.165, 1.54) is 45.2 Å². The SMILES string of the molecule is CCNC(C)CCCCN1CCCC(C)C1C. The van der Waals surface area contributed by atoms with Crippen LogP contribution in [0.3, 0.4) is 0 Å². The van der Waals surface area contributed by atoms with Crippen LogP contribution >= 0.6 is 0 Å². The Hall–Kier alpha value is -0.0800. The Kier molecular flexibility index (Phi) is 7.14. The first-order valence-electron chi connectivity index (χ1n) is 7.62. The molecule has 0 radical (unpaired) electrons. The summed E-state index contributed by atoms with van der Waals surface area (Å²) in [5.74, 6) is 0.893. The third-order valence-corrected chi connectivity index (χ3v) is 4.39. The molecule has 0 saturated carbocycles. The quantitative estimate of drug-likeness (QED) is 0.687. The summed E-state index contributed by atoms with van der Waals surface area (Å²) in [5, 5.41) is 3.49. The zero-order valence-electron chi connectivity index (χ0n) is 12.3. The minimum atomic E-state index is 0.692. The molecule has 1 aliphatic rings. The summed E-state index contributed by atoms with van der Waals surface area (Å²) in [7, 11) is 0. The number of rotatable bonds is 7. The van der Waals surface area contributed by atoms with Gasteiger partial charge in [-0.2, -0.15) is 0 Å². The minimum Gasteiger partial charge on any atom is -0.315 e. The van der Waals surface area contributed by atoms with Gasteiger partial charge in [-0.05, 0) is 65.1 Å². The van der Waals surface area contributed by atoms with Gasteiger partial charge >= 0.3 is 0 Å². The maximum absolute atomic E-state index is 3.49. The molecule has 2 heteroatoms. The zero-order valence-corrected chi connectivity index (χ0v) is 12.3. The highest BCUT2D eigenvalue weighted by molar-refractivity contribution is 4.78. The van der Waals surface area contributed by atoms with E-state index in [1.54, 1.807) is 0 Å². The molecule has 1 saturated heterocycles. The van der Waals surface area contributed by atoms with Gasteiger partial charge < -0.3 is 10.2 Å². The summed E-state index contributed by atoms with van der Waals surface area (Å²) in [4.78, 5) is 2.70. The lowest BCUT2D eigenvalue weighted by Gasteiger charge is -2.38. The summed E-state index contributed by atoms with van der Waals surface area (Å²) in [5.41, 5.74) is 0. The molecule has 0 bridgehead atoms. The van der Waals surface area contributed by atoms with Gasteiger partial charge in [-0.15, -0.1) is 0 Å². The highest BCUT2D eigenvalue weighted by atomic mass is 15.2. The number of unbranched alkanes of at least 4 members (excludes halogenated alkanes) is 1. The summed E-state index contributed by atoms with van der Waals surface area (Å²) >= 11 is 0. The minimum absolute atomic E-state index is 0.692. The van der Waals surface area contributed by atoms with E-state index in [1.807, 2.05) is 0 Å². The van der Waals surface area contributed by atoms with Crippen molar-refractivity contribution in [2.24, 2.45) is 5.92 Å². The van der Waals surface area contributed by atoms with Crippen LogP contribution in [0.4, 0.5) is 0 Å². The largest absolute Gasteiger partial charge is 0.315 e. The molecule has 17 heavy (non-hydrogen) atoms. The number of piperidine rings is 1. The molecule has 0 aromatic heterocycles. The molecular formula is C15H32N2. The Morgan fingerprint density at radius 2 is 2.06 bits per heavy atom. The van der Waals surface area contributed by atoms with E-state index >= 15 is 0 Å². The van der Waals surface area contributed by atoms with Crippen molar-refractivity contribution in [2.75, 3.05) is 19.6 Å². The Morgan fingerprint density at radius 3 is 2.76 bits per heavy atom. The van der Waals surface area contributed by atoms with Crippen LogP contribution in [-0.4, -0.2) is 36.6 Å². The maximum atomic E-state index is 3.49. The Morgan fingerprint density at radius 1 is 1.29 bits per heavy atom. The second-order valence-corrected chi connectivity index (χ2v) is 5.85. The highest BCUT2D eigenvalue weighted by Crippen LogP contribution is 2.23. The fourth-order valence-corrected chi connectivity index (χ4v) is 2.95. The number of hydrogen-bond acceptors (Lipinski definition) is 2. The van der Waals surface area contributed by atoms with Crippen molar-refractivity contribution in [3.8, 4) is 0 Å². The highest BCUT2D eigenvalue weighted by Gasteiger charge is 2.23. The molecule has 1 N–H and O–H groups in total. The topological polar surface area (TPSA) is 15.3 Å². The molecule has 0 aliphatic carbocycles. The molecular weight excluding hydrogens is 208 g/mol. The molecule has 3 atom stereocenters. The van der Waals surface area contributed by atoms with Crippen LogP contribution in [0.2, 0.25) is 0 Å². The Balaban J connectivity index is 2.09. The Bertz CT molecular complexity index is 193. The second-order valence-electron chi connectivity index (χ2n) is 5.85. The van der Waals surface area contributed by atoms with Gasteiger partial charge in [-0.3, -0.25) is 0 Å². The molecule has 1 fully saturated rings.